The Labute approximate surface area is 246 Å². The molecule has 2 amide bonds. The van der Waals surface area contributed by atoms with E-state index in [2.05, 4.69) is 24.5 Å². The van der Waals surface area contributed by atoms with E-state index in [-0.39, 0.29) is 42.5 Å². The quantitative estimate of drug-likeness (QED) is 0.206. The third-order valence-electron chi connectivity index (χ3n) is 7.73. The SMILES string of the molecule is COCCCOc1cc(C[C@@H](C[C@H](N)[C@@H](O)C[C@H](C(=O)N[C@@H]2CCCNC2=O)C(C)C)C(C)C)ccc1OC.Cl. The van der Waals surface area contributed by atoms with Crippen LogP contribution in [0, 0.1) is 23.7 Å². The maximum atomic E-state index is 13.1. The van der Waals surface area contributed by atoms with Gasteiger partial charge in [-0.3, -0.25) is 9.59 Å². The van der Waals surface area contributed by atoms with Crippen molar-refractivity contribution in [2.45, 2.75) is 84.4 Å². The molecule has 1 saturated heterocycles. The van der Waals surface area contributed by atoms with Crippen LogP contribution in [-0.2, 0) is 20.7 Å². The molecule has 9 nitrogen and oxygen atoms in total. The van der Waals surface area contributed by atoms with Crippen molar-refractivity contribution >= 4 is 24.2 Å². The normalized spacial score (nSPS) is 18.4. The molecule has 1 aromatic rings. The van der Waals surface area contributed by atoms with Crippen molar-refractivity contribution in [2.24, 2.45) is 29.4 Å². The summed E-state index contributed by atoms with van der Waals surface area (Å²) in [5.41, 5.74) is 7.65. The first-order chi connectivity index (χ1) is 18.6. The fourth-order valence-corrected chi connectivity index (χ4v) is 5.05. The van der Waals surface area contributed by atoms with Crippen molar-refractivity contribution in [1.29, 1.82) is 0 Å². The second kappa shape index (κ2) is 18.4. The van der Waals surface area contributed by atoms with Crippen LogP contribution in [0.3, 0.4) is 0 Å². The molecule has 230 valence electrons. The van der Waals surface area contributed by atoms with E-state index in [1.54, 1.807) is 14.2 Å². The van der Waals surface area contributed by atoms with E-state index in [1.807, 2.05) is 32.0 Å². The summed E-state index contributed by atoms with van der Waals surface area (Å²) in [4.78, 5) is 25.2. The van der Waals surface area contributed by atoms with Gasteiger partial charge >= 0.3 is 0 Å². The molecule has 0 aromatic heterocycles. The zero-order valence-corrected chi connectivity index (χ0v) is 25.9. The van der Waals surface area contributed by atoms with Crippen LogP contribution in [-0.4, -0.2) is 69.1 Å². The van der Waals surface area contributed by atoms with E-state index in [0.717, 1.165) is 24.8 Å². The molecule has 5 atom stereocenters. The molecule has 1 heterocycles. The number of carbonyl (C=O) groups excluding carboxylic acids is 2. The summed E-state index contributed by atoms with van der Waals surface area (Å²) < 4.78 is 16.5. The number of benzene rings is 1. The summed E-state index contributed by atoms with van der Waals surface area (Å²) in [5.74, 6) is 1.18. The highest BCUT2D eigenvalue weighted by Gasteiger charge is 2.32. The second-order valence-electron chi connectivity index (χ2n) is 11.4. The van der Waals surface area contributed by atoms with E-state index in [4.69, 9.17) is 19.9 Å². The lowest BCUT2D eigenvalue weighted by molar-refractivity contribution is -0.133. The first-order valence-corrected chi connectivity index (χ1v) is 14.4. The Bertz CT molecular complexity index is 900. The Morgan fingerprint density at radius 2 is 1.85 bits per heavy atom. The van der Waals surface area contributed by atoms with Gasteiger partial charge in [-0.05, 0) is 67.6 Å². The summed E-state index contributed by atoms with van der Waals surface area (Å²) in [5, 5.41) is 16.8. The molecule has 0 aliphatic carbocycles. The third kappa shape index (κ3) is 11.4. The van der Waals surface area contributed by atoms with E-state index < -0.39 is 24.1 Å². The van der Waals surface area contributed by atoms with E-state index >= 15 is 0 Å². The summed E-state index contributed by atoms with van der Waals surface area (Å²) in [7, 11) is 3.30. The van der Waals surface area contributed by atoms with Gasteiger partial charge in [-0.1, -0.05) is 33.8 Å². The Hall–Kier alpha value is -2.07. The van der Waals surface area contributed by atoms with Crippen LogP contribution < -0.4 is 25.8 Å². The number of carbonyl (C=O) groups is 2. The van der Waals surface area contributed by atoms with Crippen LogP contribution in [0.5, 0.6) is 11.5 Å². The van der Waals surface area contributed by atoms with E-state index in [1.165, 1.54) is 0 Å². The first kappa shape index (κ1) is 36.0. The molecule has 2 rings (SSSR count). The molecule has 10 heteroatoms. The minimum absolute atomic E-state index is 0. The number of halogens is 1. The Kier molecular flexibility index (Phi) is 16.5. The minimum atomic E-state index is -0.833. The number of nitrogens with two attached hydrogens (primary N) is 1. The fraction of sp³-hybridized carbons (Fsp3) is 0.733. The Morgan fingerprint density at radius 1 is 1.12 bits per heavy atom. The van der Waals surface area contributed by atoms with Gasteiger partial charge in [0, 0.05) is 38.6 Å². The molecule has 0 radical (unpaired) electrons. The summed E-state index contributed by atoms with van der Waals surface area (Å²) in [6.45, 7) is 10.0. The highest BCUT2D eigenvalue weighted by molar-refractivity contribution is 5.89. The van der Waals surface area contributed by atoms with Gasteiger partial charge in [0.15, 0.2) is 11.5 Å². The van der Waals surface area contributed by atoms with E-state index in [0.29, 0.717) is 50.0 Å². The van der Waals surface area contributed by atoms with Crippen LogP contribution in [0.1, 0.15) is 65.4 Å². The molecule has 1 aromatic carbocycles. The lowest BCUT2D eigenvalue weighted by Crippen LogP contribution is -2.52. The second-order valence-corrected chi connectivity index (χ2v) is 11.4. The monoisotopic (exact) mass is 585 g/mol. The van der Waals surface area contributed by atoms with Crippen molar-refractivity contribution < 1.29 is 28.9 Å². The standard InChI is InChI=1S/C30H51N3O6.ClH/c1-19(2)22(15-21-10-11-27(38-6)28(16-21)39-14-8-13-37-5)17-24(31)26(34)18-23(20(3)4)29(35)33-25-9-7-12-32-30(25)36;/h10-11,16,19-20,22-26,34H,7-9,12-15,17-18,31H2,1-6H3,(H,32,36)(H,33,35);1H/t22-,23-,24-,25+,26-;/m0./s1. The largest absolute Gasteiger partial charge is 0.493 e. The molecule has 40 heavy (non-hydrogen) atoms. The number of rotatable bonds is 17. The predicted molar refractivity (Wildman–Crippen MR) is 160 cm³/mol. The summed E-state index contributed by atoms with van der Waals surface area (Å²) >= 11 is 0. The molecular formula is C30H52ClN3O6. The zero-order valence-electron chi connectivity index (χ0n) is 25.1. The van der Waals surface area contributed by atoms with Crippen molar-refractivity contribution in [3.63, 3.8) is 0 Å². The molecule has 0 unspecified atom stereocenters. The lowest BCUT2D eigenvalue weighted by atomic mass is 9.80. The number of methoxy groups -OCH3 is 2. The molecule has 1 aliphatic rings. The number of amides is 2. The van der Waals surface area contributed by atoms with Crippen LogP contribution in [0.25, 0.3) is 0 Å². The van der Waals surface area contributed by atoms with Crippen molar-refractivity contribution in [2.75, 3.05) is 34.0 Å². The Balaban J connectivity index is 0.00000800. The molecular weight excluding hydrogens is 534 g/mol. The van der Waals surface area contributed by atoms with Gasteiger partial charge in [-0.15, -0.1) is 12.4 Å². The van der Waals surface area contributed by atoms with Gasteiger partial charge in [0.2, 0.25) is 11.8 Å². The minimum Gasteiger partial charge on any atom is -0.493 e. The van der Waals surface area contributed by atoms with Gasteiger partial charge in [-0.25, -0.2) is 0 Å². The number of hydrogen-bond donors (Lipinski definition) is 4. The maximum Gasteiger partial charge on any atom is 0.242 e. The summed E-state index contributed by atoms with van der Waals surface area (Å²) in [6, 6.07) is 4.99. The topological polar surface area (TPSA) is 132 Å². The highest BCUT2D eigenvalue weighted by atomic mass is 35.5. The molecule has 0 spiro atoms. The smallest absolute Gasteiger partial charge is 0.242 e. The maximum absolute atomic E-state index is 13.1. The van der Waals surface area contributed by atoms with Gasteiger partial charge in [0.05, 0.1) is 19.8 Å². The number of aliphatic hydroxyl groups is 1. The molecule has 1 fully saturated rings. The number of hydrogen-bond acceptors (Lipinski definition) is 7. The average Bonchev–Trinajstić information content (AvgIpc) is 2.90. The van der Waals surface area contributed by atoms with Gasteiger partial charge < -0.3 is 35.7 Å². The van der Waals surface area contributed by atoms with Crippen LogP contribution in [0.2, 0.25) is 0 Å². The van der Waals surface area contributed by atoms with Gasteiger partial charge in [-0.2, -0.15) is 0 Å². The zero-order chi connectivity index (χ0) is 28.9. The van der Waals surface area contributed by atoms with Gasteiger partial charge in [0.1, 0.15) is 6.04 Å². The molecule has 1 aliphatic heterocycles. The first-order valence-electron chi connectivity index (χ1n) is 14.4. The van der Waals surface area contributed by atoms with Crippen molar-refractivity contribution in [1.82, 2.24) is 10.6 Å². The lowest BCUT2D eigenvalue weighted by Gasteiger charge is -2.31. The number of nitrogens with one attached hydrogen (secondary N) is 2. The van der Waals surface area contributed by atoms with Crippen LogP contribution in [0.15, 0.2) is 18.2 Å². The predicted octanol–water partition coefficient (Wildman–Crippen LogP) is 3.48. The number of ether oxygens (including phenoxy) is 3. The third-order valence-corrected chi connectivity index (χ3v) is 7.73. The fourth-order valence-electron chi connectivity index (χ4n) is 5.05. The molecule has 0 bridgehead atoms. The van der Waals surface area contributed by atoms with Crippen molar-refractivity contribution in [3.05, 3.63) is 23.8 Å². The van der Waals surface area contributed by atoms with E-state index in [9.17, 15) is 14.7 Å². The molecule has 0 saturated carbocycles. The Morgan fingerprint density at radius 3 is 2.45 bits per heavy atom. The van der Waals surface area contributed by atoms with Gasteiger partial charge in [0.25, 0.3) is 0 Å². The average molecular weight is 586 g/mol. The highest BCUT2D eigenvalue weighted by Crippen LogP contribution is 2.32. The molecule has 5 N–H and O–H groups in total. The number of piperidine rings is 1. The van der Waals surface area contributed by atoms with Crippen LogP contribution >= 0.6 is 12.4 Å². The summed E-state index contributed by atoms with van der Waals surface area (Å²) in [6.07, 6.45) is 3.07. The van der Waals surface area contributed by atoms with Crippen LogP contribution in [0.4, 0.5) is 0 Å². The van der Waals surface area contributed by atoms with Crippen molar-refractivity contribution in [3.8, 4) is 11.5 Å². The number of aliphatic hydroxyl groups excluding tert-OH is 1.